The SMILES string of the molecule is C.CCOC(=O)C(=O)Cl.CCOC(=O)C(=O)c1c(Cl)c(C(=O)Nc2ccc(F)c(C)c2)c2n1CCC2.CCOC(=O)C(=O)c1cc(C(=O)Nc2ccc(F)c(C)c2)c2n1CCC2.CCc1ccn2c1CCC2.Cc1cc(N)ccc1F.Cc1cc(NC(=O)c2ccn3c2CCC3)ccc1F.O=C=O.O=COc1ccn2c1CCC2.[Na+].[Na+].[OH-].[OH-]. The summed E-state index contributed by atoms with van der Waals surface area (Å²) >= 11 is 11.0. The second kappa shape index (κ2) is 50.7. The van der Waals surface area contributed by atoms with E-state index < -0.39 is 46.5 Å². The first-order valence-electron chi connectivity index (χ1n) is 36.3. The van der Waals surface area contributed by atoms with Crippen molar-refractivity contribution in [2.75, 3.05) is 41.5 Å². The van der Waals surface area contributed by atoms with Crippen LogP contribution in [-0.4, -0.2) is 119 Å². The van der Waals surface area contributed by atoms with E-state index in [1.54, 1.807) is 93.1 Å². The van der Waals surface area contributed by atoms with Gasteiger partial charge < -0.3 is 74.4 Å². The van der Waals surface area contributed by atoms with Crippen LogP contribution in [0.2, 0.25) is 5.02 Å². The summed E-state index contributed by atoms with van der Waals surface area (Å²) in [5.74, 6) is -6.07. The fraction of sp³-hybridized carbons (Fsp3) is 0.337. The van der Waals surface area contributed by atoms with Gasteiger partial charge in [-0.3, -0.25) is 33.6 Å². The molecule has 0 aliphatic carbocycles. The van der Waals surface area contributed by atoms with Crippen molar-refractivity contribution in [2.45, 2.75) is 166 Å². The van der Waals surface area contributed by atoms with E-state index in [-0.39, 0.29) is 155 Å². The van der Waals surface area contributed by atoms with Gasteiger partial charge >= 0.3 is 88.4 Å². The molecular weight excluding hydrogens is 1600 g/mol. The zero-order valence-electron chi connectivity index (χ0n) is 66.5. The largest absolute Gasteiger partial charge is 1.00 e. The molecule has 10 heterocycles. The van der Waals surface area contributed by atoms with Gasteiger partial charge in [0.2, 0.25) is 0 Å². The summed E-state index contributed by atoms with van der Waals surface area (Å²) in [4.78, 5) is 132. The minimum absolute atomic E-state index is 0. The Morgan fingerprint density at radius 1 is 0.492 bits per heavy atom. The number of nitrogen functional groups attached to an aromatic ring is 1. The number of carbonyl (C=O) groups excluding carboxylic acids is 12. The van der Waals surface area contributed by atoms with Crippen molar-refractivity contribution in [1.82, 2.24) is 22.8 Å². The number of benzene rings is 4. The summed E-state index contributed by atoms with van der Waals surface area (Å²) < 4.78 is 80.8. The summed E-state index contributed by atoms with van der Waals surface area (Å²) in [5, 5.41) is 7.06. The summed E-state index contributed by atoms with van der Waals surface area (Å²) in [6, 6.07) is 25.0. The third kappa shape index (κ3) is 27.8. The van der Waals surface area contributed by atoms with Gasteiger partial charge in [0.1, 0.15) is 29.0 Å². The molecule has 7 N–H and O–H groups in total. The van der Waals surface area contributed by atoms with Crippen LogP contribution in [0.15, 0.2) is 116 Å². The number of nitrogens with zero attached hydrogens (tertiary/aromatic N) is 5. The molecule has 0 spiro atoms. The molecule has 14 rings (SSSR count). The predicted molar refractivity (Wildman–Crippen MR) is 423 cm³/mol. The Balaban J connectivity index is 0.000000481. The molecule has 27 nitrogen and oxygen atoms in total. The van der Waals surface area contributed by atoms with E-state index in [0.29, 0.717) is 94.4 Å². The first-order chi connectivity index (χ1) is 54.0. The van der Waals surface area contributed by atoms with Crippen molar-refractivity contribution in [2.24, 2.45) is 0 Å². The summed E-state index contributed by atoms with van der Waals surface area (Å²) in [5.41, 5.74) is 17.5. The zero-order chi connectivity index (χ0) is 82.8. The molecular formula is C83H93Cl2F4N9Na2O18. The van der Waals surface area contributed by atoms with Crippen LogP contribution in [0, 0.1) is 51.0 Å². The monoisotopic (exact) mass is 1700 g/mol. The second-order valence-corrected chi connectivity index (χ2v) is 26.6. The molecule has 0 radical (unpaired) electrons. The van der Waals surface area contributed by atoms with Crippen LogP contribution in [0.5, 0.6) is 5.75 Å². The van der Waals surface area contributed by atoms with Crippen LogP contribution in [0.1, 0.15) is 176 Å². The van der Waals surface area contributed by atoms with E-state index in [0.717, 1.165) is 74.3 Å². The molecule has 118 heavy (non-hydrogen) atoms. The normalized spacial score (nSPS) is 11.8. The number of halogens is 6. The smallest absolute Gasteiger partial charge is 0.870 e. The predicted octanol–water partition coefficient (Wildman–Crippen LogP) is 8.25. The molecule has 5 aromatic heterocycles. The molecule has 622 valence electrons. The van der Waals surface area contributed by atoms with Crippen LogP contribution in [0.25, 0.3) is 0 Å². The van der Waals surface area contributed by atoms with Crippen LogP contribution in [-0.2, 0) is 119 Å². The van der Waals surface area contributed by atoms with Gasteiger partial charge in [-0.25, -0.2) is 31.9 Å². The van der Waals surface area contributed by atoms with Gasteiger partial charge in [0.05, 0.1) is 52.9 Å². The van der Waals surface area contributed by atoms with Gasteiger partial charge in [-0.15, -0.1) is 0 Å². The van der Waals surface area contributed by atoms with Crippen LogP contribution >= 0.6 is 23.2 Å². The number of amides is 3. The van der Waals surface area contributed by atoms with Gasteiger partial charge in [-0.05, 0) is 256 Å². The van der Waals surface area contributed by atoms with Gasteiger partial charge in [-0.2, -0.15) is 9.59 Å². The van der Waals surface area contributed by atoms with Crippen molar-refractivity contribution in [1.29, 1.82) is 0 Å². The van der Waals surface area contributed by atoms with E-state index in [1.807, 2.05) is 24.5 Å². The molecule has 3 amide bonds. The number of nitrogens with one attached hydrogen (secondary N) is 3. The van der Waals surface area contributed by atoms with E-state index in [1.165, 1.54) is 80.4 Å². The number of fused-ring (bicyclic) bond motifs is 5. The van der Waals surface area contributed by atoms with E-state index in [4.69, 9.17) is 52.7 Å². The second-order valence-electron chi connectivity index (χ2n) is 25.9. The Bertz CT molecular complexity index is 5050. The molecule has 35 heteroatoms. The molecule has 4 aromatic carbocycles. The average molecular weight is 1700 g/mol. The number of ether oxygens (including phenoxy) is 4. The number of hydrogen-bond acceptors (Lipinski definition) is 19. The fourth-order valence-electron chi connectivity index (χ4n) is 13.1. The van der Waals surface area contributed by atoms with Crippen molar-refractivity contribution in [3.05, 3.63) is 228 Å². The molecule has 5 aliphatic rings. The van der Waals surface area contributed by atoms with Crippen LogP contribution in [0.3, 0.4) is 0 Å². The minimum Gasteiger partial charge on any atom is -0.870 e. The van der Waals surface area contributed by atoms with E-state index in [9.17, 15) is 65.5 Å². The number of aryl methyl sites for hydroxylation is 8. The summed E-state index contributed by atoms with van der Waals surface area (Å²) in [6.07, 6.45) is 17.2. The molecule has 0 saturated heterocycles. The number of nitrogens with two attached hydrogens (primary N) is 1. The molecule has 0 saturated carbocycles. The number of ketones is 2. The van der Waals surface area contributed by atoms with Crippen LogP contribution < -0.4 is 85.5 Å². The number of hydrogen-bond donors (Lipinski definition) is 4. The Hall–Kier alpha value is -10.0. The van der Waals surface area contributed by atoms with Crippen molar-refractivity contribution >= 4 is 111 Å². The molecule has 0 fully saturated rings. The van der Waals surface area contributed by atoms with E-state index in [2.05, 4.69) is 53.6 Å². The zero-order valence-corrected chi connectivity index (χ0v) is 72.0. The third-order valence-corrected chi connectivity index (χ3v) is 18.9. The minimum atomic E-state index is -1.08. The number of rotatable bonds is 17. The maximum atomic E-state index is 13.4. The van der Waals surface area contributed by atoms with Gasteiger partial charge in [-0.1, -0.05) is 26.0 Å². The number of Topliss-reactive ketones (excluding diaryl/α,β-unsaturated/α-hetero) is 2. The Morgan fingerprint density at radius 2 is 0.890 bits per heavy atom. The van der Waals surface area contributed by atoms with Crippen molar-refractivity contribution in [3.8, 4) is 5.75 Å². The Morgan fingerprint density at radius 3 is 1.36 bits per heavy atom. The van der Waals surface area contributed by atoms with Crippen LogP contribution in [0.4, 0.5) is 40.3 Å². The fourth-order valence-corrected chi connectivity index (χ4v) is 13.5. The Labute approximate surface area is 734 Å². The average Bonchev–Trinajstić information content (AvgIpc) is 1.59. The first-order valence-corrected chi connectivity index (χ1v) is 37.1. The standard InChI is InChI=1S/C19H18ClFN2O4.C19H19FN2O4.C15H15FN2O.C9H13N.C8H9NO2.C7H8FN.C4H5ClO3.CO2.CH4.2Na.2H2O/c1-3-27-19(26)17(24)16-15(20)14(13-5-4-8-23(13)16)18(25)22-11-6-7-12(21)10(2)9-11;1-3-26-19(25)17(23)16-10-13(15-5-4-8-22(15)16)18(24)21-12-6-7-14(20)11(2)9-12;1-10-9-11(4-5-13(10)16)17-15(19)12-6-8-18-7-2-3-14(12)18;1-2-8-5-7-10-6-3-4-9(8)10;10-6-11-8-3-5-9-4-1-2-7(8)9;1-5-4-6(9)2-3-7(5)8;1-2-8-4(7)3(5)6;2-1-3;;;;;/h6-7,9H,3-5,8H2,1-2H3,(H,22,25);6-7,9-10H,3-5,8H2,1-2H3,(H,21,24);4-6,8-9H,2-3,7H2,1H3,(H,17,19);5,7H,2-4,6H2,1H3;3,5-6H,1-2,4H2;2-4H,9H2,1H3;2H2,1H3;;1H4;;;2*1H2/q;;;;;;;;;2*+1;;/p-2. The maximum Gasteiger partial charge on any atom is 1.00 e. The van der Waals surface area contributed by atoms with Crippen molar-refractivity contribution in [3.63, 3.8) is 0 Å². The summed E-state index contributed by atoms with van der Waals surface area (Å²) in [6.45, 7) is 18.8. The number of carbonyl (C=O) groups is 10. The maximum absolute atomic E-state index is 13.4. The van der Waals surface area contributed by atoms with Gasteiger partial charge in [0.15, 0.2) is 5.75 Å². The summed E-state index contributed by atoms with van der Waals surface area (Å²) in [7, 11) is 0. The van der Waals surface area contributed by atoms with Gasteiger partial charge in [0.25, 0.3) is 35.8 Å². The topological polar surface area (TPSA) is 389 Å². The third-order valence-electron chi connectivity index (χ3n) is 18.3. The first kappa shape index (κ1) is 104. The van der Waals surface area contributed by atoms with Crippen molar-refractivity contribution < 1.29 is 164 Å². The molecule has 9 aromatic rings. The molecule has 0 bridgehead atoms. The Kier molecular flexibility index (Phi) is 44.7. The quantitative estimate of drug-likeness (QED) is 0.00766. The number of esters is 3. The number of anilines is 4. The molecule has 5 aliphatic heterocycles. The number of aromatic nitrogens is 5. The van der Waals surface area contributed by atoms with E-state index >= 15 is 0 Å². The molecule has 0 unspecified atom stereocenters. The van der Waals surface area contributed by atoms with Gasteiger partial charge in [0, 0.05) is 96.8 Å². The molecule has 0 atom stereocenters.